The molecule has 0 aliphatic rings. The van der Waals surface area contributed by atoms with Gasteiger partial charge in [0.25, 0.3) is 5.91 Å². The quantitative estimate of drug-likeness (QED) is 0.415. The number of unbranched alkanes of at least 4 members (excludes halogenated alkanes) is 2. The van der Waals surface area contributed by atoms with E-state index >= 15 is 0 Å². The molecule has 0 aliphatic carbocycles. The summed E-state index contributed by atoms with van der Waals surface area (Å²) in [5.41, 5.74) is 6.60. The number of hydrogen-bond donors (Lipinski definition) is 2. The first-order valence-corrected chi connectivity index (χ1v) is 8.63. The van der Waals surface area contributed by atoms with Crippen molar-refractivity contribution in [3.63, 3.8) is 0 Å². The lowest BCUT2D eigenvalue weighted by Crippen LogP contribution is -2.16. The van der Waals surface area contributed by atoms with Crippen molar-refractivity contribution in [2.45, 2.75) is 33.1 Å². The van der Waals surface area contributed by atoms with Crippen LogP contribution in [0.4, 0.5) is 15.9 Å². The van der Waals surface area contributed by atoms with Gasteiger partial charge in [0, 0.05) is 17.3 Å². The van der Waals surface area contributed by atoms with Gasteiger partial charge in [-0.05, 0) is 31.5 Å². The Morgan fingerprint density at radius 3 is 2.92 bits per heavy atom. The largest absolute Gasteiger partial charge is 0.489 e. The van der Waals surface area contributed by atoms with E-state index in [1.54, 1.807) is 18.2 Å². The minimum absolute atomic E-state index is 0.133. The minimum atomic E-state index is -0.679. The Balaban J connectivity index is 1.98. The maximum Gasteiger partial charge on any atom is 0.259 e. The van der Waals surface area contributed by atoms with E-state index in [4.69, 9.17) is 10.5 Å². The van der Waals surface area contributed by atoms with Crippen LogP contribution in [0.25, 0.3) is 0 Å². The van der Waals surface area contributed by atoms with Crippen molar-refractivity contribution in [1.29, 1.82) is 0 Å². The number of rotatable bonds is 8. The summed E-state index contributed by atoms with van der Waals surface area (Å²) in [5, 5.41) is 2.73. The lowest BCUT2D eigenvalue weighted by Gasteiger charge is -2.10. The molecular weight excluding hydrogens is 333 g/mol. The van der Waals surface area contributed by atoms with Gasteiger partial charge in [-0.3, -0.25) is 4.79 Å². The van der Waals surface area contributed by atoms with Crippen LogP contribution in [-0.2, 0) is 0 Å². The number of carbonyl (C=O) groups excluding carboxylic acids is 1. The highest BCUT2D eigenvalue weighted by Gasteiger charge is 2.14. The van der Waals surface area contributed by atoms with E-state index in [0.717, 1.165) is 6.42 Å². The van der Waals surface area contributed by atoms with Crippen molar-refractivity contribution in [2.75, 3.05) is 17.7 Å². The normalized spacial score (nSPS) is 10.9. The first kappa shape index (κ1) is 19.4. The number of aryl methyl sites for hydroxylation is 1. The van der Waals surface area contributed by atoms with Crippen molar-refractivity contribution in [1.82, 2.24) is 4.98 Å². The van der Waals surface area contributed by atoms with E-state index in [9.17, 15) is 9.18 Å². The molecule has 1 aromatic carbocycles. The number of halogens is 1. The number of carbonyl (C=O) groups is 1. The summed E-state index contributed by atoms with van der Waals surface area (Å²) in [7, 11) is 0. The minimum Gasteiger partial charge on any atom is -0.489 e. The van der Waals surface area contributed by atoms with Gasteiger partial charge in [-0.25, -0.2) is 4.98 Å². The fraction of sp³-hybridized carbons (Fsp3) is 0.300. The average Bonchev–Trinajstić information content (AvgIpc) is 2.61. The van der Waals surface area contributed by atoms with Gasteiger partial charge in [-0.1, -0.05) is 38.0 Å². The Hall–Kier alpha value is -2.89. The van der Waals surface area contributed by atoms with Crippen LogP contribution in [-0.4, -0.2) is 17.5 Å². The first-order valence-electron chi connectivity index (χ1n) is 8.63. The van der Waals surface area contributed by atoms with E-state index in [1.165, 1.54) is 25.8 Å². The van der Waals surface area contributed by atoms with Gasteiger partial charge in [-0.2, -0.15) is 4.39 Å². The molecule has 0 bridgehead atoms. The molecule has 1 heterocycles. The molecule has 0 unspecified atom stereocenters. The molecule has 0 spiro atoms. The number of pyridine rings is 1. The molecule has 6 heteroatoms. The van der Waals surface area contributed by atoms with Crippen molar-refractivity contribution >= 4 is 17.4 Å². The highest BCUT2D eigenvalue weighted by atomic mass is 19.1. The second-order valence-corrected chi connectivity index (χ2v) is 5.94. The number of amides is 1. The number of nitrogens with one attached hydrogen (secondary N) is 1. The molecule has 0 saturated carbocycles. The predicted octanol–water partition coefficient (Wildman–Crippen LogP) is 4.49. The summed E-state index contributed by atoms with van der Waals surface area (Å²) in [6, 6.07) is 8.44. The topological polar surface area (TPSA) is 77.2 Å². The highest BCUT2D eigenvalue weighted by molar-refractivity contribution is 6.07. The number of benzene rings is 1. The Bertz CT molecular complexity index is 791. The fourth-order valence-corrected chi connectivity index (χ4v) is 2.30. The molecule has 0 atom stereocenters. The third-order valence-corrected chi connectivity index (χ3v) is 3.75. The zero-order chi connectivity index (χ0) is 18.9. The number of nitrogens with zero attached hydrogens (tertiary/aromatic N) is 1. The van der Waals surface area contributed by atoms with Gasteiger partial charge >= 0.3 is 0 Å². The molecule has 1 amide bonds. The van der Waals surface area contributed by atoms with Crippen LogP contribution in [0.2, 0.25) is 0 Å². The van der Waals surface area contributed by atoms with Gasteiger partial charge in [0.1, 0.15) is 18.2 Å². The van der Waals surface area contributed by atoms with Crippen LogP contribution in [0.3, 0.4) is 0 Å². The molecule has 138 valence electrons. The number of ether oxygens (including phenoxy) is 1. The molecule has 3 N–H and O–H groups in total. The molecule has 26 heavy (non-hydrogen) atoms. The Kier molecular flexibility index (Phi) is 7.14. The Morgan fingerprint density at radius 1 is 1.35 bits per heavy atom. The monoisotopic (exact) mass is 357 g/mol. The number of hydrogen-bond acceptors (Lipinski definition) is 4. The van der Waals surface area contributed by atoms with E-state index in [1.807, 2.05) is 12.1 Å². The van der Waals surface area contributed by atoms with E-state index < -0.39 is 11.9 Å². The highest BCUT2D eigenvalue weighted by Crippen LogP contribution is 2.20. The molecule has 5 nitrogen and oxygen atoms in total. The van der Waals surface area contributed by atoms with Crippen molar-refractivity contribution in [3.05, 3.63) is 59.6 Å². The molecule has 0 aliphatic heterocycles. The summed E-state index contributed by atoms with van der Waals surface area (Å²) in [6.45, 7) is 4.15. The van der Waals surface area contributed by atoms with Crippen LogP contribution in [0.1, 0.15) is 42.1 Å². The van der Waals surface area contributed by atoms with Crippen LogP contribution >= 0.6 is 0 Å². The van der Waals surface area contributed by atoms with Crippen molar-refractivity contribution in [3.8, 4) is 5.75 Å². The number of nitrogen functional groups attached to an aromatic ring is 1. The number of anilines is 2. The standard InChI is InChI=1S/C20H24FN3O2/c1-3-4-5-6-7-11-26-16-10-8-9-15(13-16)23-20(25)17-12-14(2)18(21)24-19(17)22/h6-10,12-13H,3-5,11H2,1-2H3,(H2,22,24)(H,23,25). The Labute approximate surface area is 153 Å². The zero-order valence-corrected chi connectivity index (χ0v) is 15.1. The maximum absolute atomic E-state index is 13.4. The van der Waals surface area contributed by atoms with E-state index in [2.05, 4.69) is 23.3 Å². The number of allylic oxidation sites excluding steroid dienone is 1. The molecule has 2 aromatic rings. The molecule has 1 aromatic heterocycles. The van der Waals surface area contributed by atoms with Crippen molar-refractivity contribution in [2.24, 2.45) is 0 Å². The van der Waals surface area contributed by atoms with Gasteiger partial charge in [0.15, 0.2) is 0 Å². The number of aromatic nitrogens is 1. The number of nitrogens with two attached hydrogens (primary N) is 1. The van der Waals surface area contributed by atoms with Crippen LogP contribution in [0.5, 0.6) is 5.75 Å². The van der Waals surface area contributed by atoms with E-state index in [0.29, 0.717) is 18.0 Å². The van der Waals surface area contributed by atoms with Gasteiger partial charge in [0.05, 0.1) is 5.56 Å². The maximum atomic E-state index is 13.4. The molecular formula is C20H24FN3O2. The van der Waals surface area contributed by atoms with Crippen LogP contribution in [0.15, 0.2) is 42.5 Å². The molecule has 0 fully saturated rings. The average molecular weight is 357 g/mol. The van der Waals surface area contributed by atoms with Crippen LogP contribution < -0.4 is 15.8 Å². The summed E-state index contributed by atoms with van der Waals surface area (Å²) < 4.78 is 19.0. The second kappa shape index (κ2) is 9.56. The molecule has 2 rings (SSSR count). The summed E-state index contributed by atoms with van der Waals surface area (Å²) in [5.74, 6) is -0.629. The second-order valence-electron chi connectivity index (χ2n) is 5.94. The third kappa shape index (κ3) is 5.58. The summed E-state index contributed by atoms with van der Waals surface area (Å²) in [6.07, 6.45) is 7.46. The lowest BCUT2D eigenvalue weighted by atomic mass is 10.1. The van der Waals surface area contributed by atoms with Crippen molar-refractivity contribution < 1.29 is 13.9 Å². The molecule has 0 saturated heterocycles. The van der Waals surface area contributed by atoms with Gasteiger partial charge in [-0.15, -0.1) is 0 Å². The van der Waals surface area contributed by atoms with E-state index in [-0.39, 0.29) is 16.9 Å². The third-order valence-electron chi connectivity index (χ3n) is 3.75. The van der Waals surface area contributed by atoms with Crippen LogP contribution in [0, 0.1) is 12.9 Å². The Morgan fingerprint density at radius 2 is 2.15 bits per heavy atom. The predicted molar refractivity (Wildman–Crippen MR) is 102 cm³/mol. The first-order chi connectivity index (χ1) is 12.5. The molecule has 0 radical (unpaired) electrons. The zero-order valence-electron chi connectivity index (χ0n) is 15.1. The van der Waals surface area contributed by atoms with Gasteiger partial charge < -0.3 is 15.8 Å². The van der Waals surface area contributed by atoms with Gasteiger partial charge in [0.2, 0.25) is 5.95 Å². The summed E-state index contributed by atoms with van der Waals surface area (Å²) in [4.78, 5) is 15.9. The fourth-order valence-electron chi connectivity index (χ4n) is 2.30. The lowest BCUT2D eigenvalue weighted by molar-refractivity contribution is 0.102. The smallest absolute Gasteiger partial charge is 0.259 e. The summed E-state index contributed by atoms with van der Waals surface area (Å²) >= 11 is 0. The SMILES string of the molecule is CCCCC=CCOc1cccc(NC(=O)c2cc(C)c(F)nc2N)c1.